The van der Waals surface area contributed by atoms with Gasteiger partial charge in [-0.05, 0) is 24.3 Å². The molecule has 5 rings (SSSR count). The molecule has 1 aromatic carbocycles. The van der Waals surface area contributed by atoms with Crippen LogP contribution in [0.2, 0.25) is 0 Å². The van der Waals surface area contributed by atoms with Crippen molar-refractivity contribution in [3.05, 3.63) is 77.9 Å². The second-order valence-electron chi connectivity index (χ2n) is 5.86. The lowest BCUT2D eigenvalue weighted by molar-refractivity contribution is 0.580. The first kappa shape index (κ1) is 16.1. The Balaban J connectivity index is 1.61. The average Bonchev–Trinajstić information content (AvgIpc) is 3.51. The zero-order valence-corrected chi connectivity index (χ0v) is 15.7. The smallest absolute Gasteiger partial charge is 0.152 e. The Labute approximate surface area is 163 Å². The molecule has 0 aliphatic rings. The first-order valence-corrected chi connectivity index (χ1v) is 10.1. The number of pyridine rings is 1. The van der Waals surface area contributed by atoms with Gasteiger partial charge in [0.2, 0.25) is 0 Å². The molecule has 0 aliphatic carbocycles. The third-order valence-electron chi connectivity index (χ3n) is 4.14. The fourth-order valence-corrected chi connectivity index (χ4v) is 4.14. The topological polar surface area (TPSA) is 51.8 Å². The highest BCUT2D eigenvalue weighted by Crippen LogP contribution is 2.32. The number of rotatable bonds is 4. The van der Waals surface area contributed by atoms with E-state index in [1.807, 2.05) is 41.4 Å². The lowest BCUT2D eigenvalue weighted by atomic mass is 10.1. The summed E-state index contributed by atoms with van der Waals surface area (Å²) in [4.78, 5) is 13.6. The van der Waals surface area contributed by atoms with E-state index in [4.69, 9.17) is 9.40 Å². The first-order chi connectivity index (χ1) is 13.4. The van der Waals surface area contributed by atoms with Gasteiger partial charge >= 0.3 is 0 Å². The number of benzene rings is 1. The van der Waals surface area contributed by atoms with Crippen molar-refractivity contribution >= 4 is 22.7 Å². The van der Waals surface area contributed by atoms with E-state index >= 15 is 0 Å². The third-order valence-corrected chi connectivity index (χ3v) is 5.78. The Bertz CT molecular complexity index is 1090. The summed E-state index contributed by atoms with van der Waals surface area (Å²) in [5.74, 6) is 0.745. The van der Waals surface area contributed by atoms with Gasteiger partial charge in [0.05, 0.1) is 12.0 Å². The van der Waals surface area contributed by atoms with Gasteiger partial charge in [0, 0.05) is 39.8 Å². The van der Waals surface area contributed by atoms with Crippen LogP contribution in [0.1, 0.15) is 0 Å². The fourth-order valence-electron chi connectivity index (χ4n) is 2.87. The minimum Gasteiger partial charge on any atom is -0.463 e. The van der Waals surface area contributed by atoms with Crippen LogP contribution in [0.25, 0.3) is 43.9 Å². The number of aromatic nitrogens is 3. The summed E-state index contributed by atoms with van der Waals surface area (Å²) >= 11 is 3.24. The molecule has 27 heavy (non-hydrogen) atoms. The molecule has 5 aromatic rings. The first-order valence-electron chi connectivity index (χ1n) is 8.33. The summed E-state index contributed by atoms with van der Waals surface area (Å²) in [7, 11) is 0. The minimum atomic E-state index is 0.745. The molecule has 0 radical (unpaired) electrons. The van der Waals surface area contributed by atoms with E-state index in [0.29, 0.717) is 0 Å². The van der Waals surface area contributed by atoms with E-state index in [0.717, 1.165) is 43.9 Å². The molecule has 0 N–H and O–H groups in total. The molecule has 4 heterocycles. The van der Waals surface area contributed by atoms with Crippen molar-refractivity contribution in [2.75, 3.05) is 0 Å². The summed E-state index contributed by atoms with van der Waals surface area (Å²) in [6.07, 6.45) is 5.30. The molecule has 6 heteroatoms. The summed E-state index contributed by atoms with van der Waals surface area (Å²) in [5, 5.41) is 5.94. The van der Waals surface area contributed by atoms with Gasteiger partial charge in [0.25, 0.3) is 0 Å². The monoisotopic (exact) mass is 387 g/mol. The van der Waals surface area contributed by atoms with Crippen LogP contribution < -0.4 is 0 Å². The highest BCUT2D eigenvalue weighted by atomic mass is 32.1. The number of hydrogen-bond acceptors (Lipinski definition) is 6. The molecule has 0 saturated heterocycles. The zero-order valence-electron chi connectivity index (χ0n) is 14.1. The van der Waals surface area contributed by atoms with Gasteiger partial charge in [-0.3, -0.25) is 0 Å². The fraction of sp³-hybridized carbons (Fsp3) is 0. The van der Waals surface area contributed by atoms with Crippen molar-refractivity contribution < 1.29 is 4.42 Å². The maximum Gasteiger partial charge on any atom is 0.152 e. The van der Waals surface area contributed by atoms with E-state index in [1.54, 1.807) is 28.9 Å². The molecule has 0 saturated carbocycles. The Morgan fingerprint density at radius 1 is 0.704 bits per heavy atom. The van der Waals surface area contributed by atoms with Gasteiger partial charge in [-0.1, -0.05) is 24.3 Å². The number of nitrogens with zero attached hydrogens (tertiary/aromatic N) is 3. The molecule has 4 aromatic heterocycles. The number of thiazole rings is 2. The van der Waals surface area contributed by atoms with Gasteiger partial charge < -0.3 is 4.42 Å². The van der Waals surface area contributed by atoms with Gasteiger partial charge in [0.1, 0.15) is 15.7 Å². The zero-order chi connectivity index (χ0) is 18.1. The Hall–Kier alpha value is -3.09. The molecule has 0 fully saturated rings. The van der Waals surface area contributed by atoms with Crippen molar-refractivity contribution in [1.29, 1.82) is 0 Å². The van der Waals surface area contributed by atoms with Crippen LogP contribution >= 0.6 is 22.7 Å². The van der Waals surface area contributed by atoms with Crippen LogP contribution in [0.5, 0.6) is 0 Å². The van der Waals surface area contributed by atoms with Crippen molar-refractivity contribution in [2.24, 2.45) is 0 Å². The molecule has 0 bridgehead atoms. The van der Waals surface area contributed by atoms with E-state index < -0.39 is 0 Å². The third kappa shape index (κ3) is 3.20. The van der Waals surface area contributed by atoms with Gasteiger partial charge in [-0.2, -0.15) is 0 Å². The highest BCUT2D eigenvalue weighted by molar-refractivity contribution is 7.13. The van der Waals surface area contributed by atoms with E-state index in [-0.39, 0.29) is 0 Å². The molecule has 4 nitrogen and oxygen atoms in total. The van der Waals surface area contributed by atoms with Crippen molar-refractivity contribution in [3.8, 4) is 43.9 Å². The predicted molar refractivity (Wildman–Crippen MR) is 110 cm³/mol. The molecule has 0 unspecified atom stereocenters. The quantitative estimate of drug-likeness (QED) is 0.365. The molecule has 0 amide bonds. The number of hydrogen-bond donors (Lipinski definition) is 0. The van der Waals surface area contributed by atoms with Crippen LogP contribution in [0.4, 0.5) is 0 Å². The summed E-state index contributed by atoms with van der Waals surface area (Å²) in [6, 6.07) is 16.2. The van der Waals surface area contributed by atoms with Crippen molar-refractivity contribution in [1.82, 2.24) is 15.0 Å². The second-order valence-corrected chi connectivity index (χ2v) is 7.64. The molecule has 0 spiro atoms. The molecule has 0 aliphatic heterocycles. The van der Waals surface area contributed by atoms with Gasteiger partial charge in [-0.25, -0.2) is 15.0 Å². The SMILES string of the molecule is c1coc(-c2cc(-c3nccs3)cc(-c3ccc(-c4nccs4)cc3)n2)c1. The maximum atomic E-state index is 5.56. The molecule has 130 valence electrons. The second kappa shape index (κ2) is 6.90. The highest BCUT2D eigenvalue weighted by Gasteiger charge is 2.12. The van der Waals surface area contributed by atoms with E-state index in [1.165, 1.54) is 0 Å². The average molecular weight is 387 g/mol. The summed E-state index contributed by atoms with van der Waals surface area (Å²) in [6.45, 7) is 0. The predicted octanol–water partition coefficient (Wildman–Crippen LogP) is 6.26. The summed E-state index contributed by atoms with van der Waals surface area (Å²) in [5.41, 5.74) is 4.87. The minimum absolute atomic E-state index is 0.745. The maximum absolute atomic E-state index is 5.56. The normalized spacial score (nSPS) is 11.0. The number of furan rings is 1. The molecule has 0 atom stereocenters. The van der Waals surface area contributed by atoms with Crippen LogP contribution in [0.15, 0.2) is 82.4 Å². The van der Waals surface area contributed by atoms with Crippen LogP contribution in [-0.2, 0) is 0 Å². The Morgan fingerprint density at radius 3 is 2.00 bits per heavy atom. The van der Waals surface area contributed by atoms with E-state index in [2.05, 4.69) is 40.3 Å². The van der Waals surface area contributed by atoms with Crippen molar-refractivity contribution in [2.45, 2.75) is 0 Å². The van der Waals surface area contributed by atoms with Gasteiger partial charge in [-0.15, -0.1) is 22.7 Å². The largest absolute Gasteiger partial charge is 0.463 e. The Morgan fingerprint density at radius 2 is 1.37 bits per heavy atom. The molecular weight excluding hydrogens is 374 g/mol. The Kier molecular flexibility index (Phi) is 4.12. The molecular formula is C21H13N3OS2. The van der Waals surface area contributed by atoms with Crippen LogP contribution in [-0.4, -0.2) is 15.0 Å². The standard InChI is InChI=1S/C21H13N3OS2/c1-2-19(25-9-1)18-13-16(21-23-8-11-27-21)12-17(24-18)14-3-5-15(6-4-14)20-22-7-10-26-20/h1-13H. The van der Waals surface area contributed by atoms with Gasteiger partial charge in [0.15, 0.2) is 5.76 Å². The summed E-state index contributed by atoms with van der Waals surface area (Å²) < 4.78 is 5.56. The lowest BCUT2D eigenvalue weighted by Gasteiger charge is -2.07. The van der Waals surface area contributed by atoms with Crippen LogP contribution in [0.3, 0.4) is 0 Å². The van der Waals surface area contributed by atoms with Crippen molar-refractivity contribution in [3.63, 3.8) is 0 Å². The van der Waals surface area contributed by atoms with Crippen LogP contribution in [0, 0.1) is 0 Å². The van der Waals surface area contributed by atoms with E-state index in [9.17, 15) is 0 Å². The lowest BCUT2D eigenvalue weighted by Crippen LogP contribution is -1.90.